The molecule has 0 spiro atoms. The van der Waals surface area contributed by atoms with E-state index in [1.54, 1.807) is 34.9 Å². The van der Waals surface area contributed by atoms with Gasteiger partial charge in [0.2, 0.25) is 5.91 Å². The molecule has 4 rings (SSSR count). The van der Waals surface area contributed by atoms with E-state index in [0.717, 1.165) is 5.56 Å². The van der Waals surface area contributed by atoms with Gasteiger partial charge in [-0.3, -0.25) is 14.2 Å². The molecule has 8 heteroatoms. The Morgan fingerprint density at radius 3 is 2.61 bits per heavy atom. The van der Waals surface area contributed by atoms with Crippen molar-refractivity contribution in [2.45, 2.75) is 12.1 Å². The highest BCUT2D eigenvalue weighted by molar-refractivity contribution is 7.99. The highest BCUT2D eigenvalue weighted by Crippen LogP contribution is 2.26. The molecular weight excluding hydrogens is 453 g/mol. The molecule has 4 aromatic rings. The molecule has 1 heterocycles. The molecular formula is C23H17Cl2N3O2S. The number of fused-ring (bicyclic) bond motifs is 1. The zero-order valence-corrected chi connectivity index (χ0v) is 18.8. The Balaban J connectivity index is 1.66. The van der Waals surface area contributed by atoms with Crippen molar-refractivity contribution in [1.82, 2.24) is 9.55 Å². The average Bonchev–Trinajstić information content (AvgIpc) is 2.75. The van der Waals surface area contributed by atoms with Crippen LogP contribution in [0, 0.1) is 6.92 Å². The number of aromatic nitrogens is 2. The van der Waals surface area contributed by atoms with Crippen molar-refractivity contribution in [2.24, 2.45) is 0 Å². The minimum Gasteiger partial charge on any atom is -0.325 e. The minimum absolute atomic E-state index is 0.0663. The Morgan fingerprint density at radius 1 is 1.03 bits per heavy atom. The monoisotopic (exact) mass is 469 g/mol. The number of carbonyl (C=O) groups is 1. The lowest BCUT2D eigenvalue weighted by atomic mass is 10.2. The van der Waals surface area contributed by atoms with Gasteiger partial charge >= 0.3 is 0 Å². The number of hydrogen-bond donors (Lipinski definition) is 1. The van der Waals surface area contributed by atoms with E-state index >= 15 is 0 Å². The topological polar surface area (TPSA) is 64.0 Å². The van der Waals surface area contributed by atoms with E-state index in [1.807, 2.05) is 43.3 Å². The second-order valence-corrected chi connectivity index (χ2v) is 8.61. The summed E-state index contributed by atoms with van der Waals surface area (Å²) in [5, 5.41) is 4.52. The SMILES string of the molecule is Cc1cccc(-n2c(SCC(=O)Nc3ccc(Cl)c(Cl)c3)nc3ccccc3c2=O)c1. The van der Waals surface area contributed by atoms with Crippen molar-refractivity contribution in [3.8, 4) is 5.69 Å². The fraction of sp³-hybridized carbons (Fsp3) is 0.0870. The van der Waals surface area contributed by atoms with E-state index in [0.29, 0.717) is 37.5 Å². The molecule has 5 nitrogen and oxygen atoms in total. The first-order chi connectivity index (χ1) is 14.9. The number of anilines is 1. The van der Waals surface area contributed by atoms with E-state index in [-0.39, 0.29) is 17.2 Å². The number of benzene rings is 3. The molecule has 0 aliphatic carbocycles. The van der Waals surface area contributed by atoms with Gasteiger partial charge in [0.1, 0.15) is 0 Å². The van der Waals surface area contributed by atoms with Crippen LogP contribution in [0.4, 0.5) is 5.69 Å². The normalized spacial score (nSPS) is 10.9. The van der Waals surface area contributed by atoms with E-state index in [2.05, 4.69) is 10.3 Å². The fourth-order valence-electron chi connectivity index (χ4n) is 3.10. The smallest absolute Gasteiger partial charge is 0.266 e. The number of hydrogen-bond acceptors (Lipinski definition) is 4. The molecule has 0 radical (unpaired) electrons. The molecule has 0 fully saturated rings. The molecule has 156 valence electrons. The summed E-state index contributed by atoms with van der Waals surface area (Å²) in [6.45, 7) is 1.96. The van der Waals surface area contributed by atoms with Crippen molar-refractivity contribution in [3.05, 3.63) is 92.7 Å². The van der Waals surface area contributed by atoms with Gasteiger partial charge < -0.3 is 5.32 Å². The number of nitrogens with one attached hydrogen (secondary N) is 1. The molecule has 0 saturated carbocycles. The van der Waals surface area contributed by atoms with Crippen molar-refractivity contribution in [2.75, 3.05) is 11.1 Å². The van der Waals surface area contributed by atoms with Gasteiger partial charge in [-0.25, -0.2) is 4.98 Å². The number of para-hydroxylation sites is 1. The fourth-order valence-corrected chi connectivity index (χ4v) is 4.22. The van der Waals surface area contributed by atoms with E-state index in [9.17, 15) is 9.59 Å². The summed E-state index contributed by atoms with van der Waals surface area (Å²) in [6, 6.07) is 19.7. The van der Waals surface area contributed by atoms with Gasteiger partial charge in [-0.2, -0.15) is 0 Å². The summed E-state index contributed by atoms with van der Waals surface area (Å²) >= 11 is 13.1. The number of thioether (sulfide) groups is 1. The van der Waals surface area contributed by atoms with Crippen LogP contribution in [0.3, 0.4) is 0 Å². The predicted octanol–water partition coefficient (Wildman–Crippen LogP) is 5.73. The molecule has 1 N–H and O–H groups in total. The maximum Gasteiger partial charge on any atom is 0.266 e. The average molecular weight is 470 g/mol. The lowest BCUT2D eigenvalue weighted by Gasteiger charge is -2.14. The number of amides is 1. The summed E-state index contributed by atoms with van der Waals surface area (Å²) in [7, 11) is 0. The molecule has 3 aromatic carbocycles. The summed E-state index contributed by atoms with van der Waals surface area (Å²) < 4.78 is 1.55. The van der Waals surface area contributed by atoms with Gasteiger partial charge in [-0.1, -0.05) is 59.2 Å². The first kappa shape index (κ1) is 21.4. The third kappa shape index (κ3) is 4.77. The highest BCUT2D eigenvalue weighted by atomic mass is 35.5. The van der Waals surface area contributed by atoms with Gasteiger partial charge in [0.15, 0.2) is 5.16 Å². The van der Waals surface area contributed by atoms with Crippen LogP contribution in [0.25, 0.3) is 16.6 Å². The Bertz CT molecular complexity index is 1350. The largest absolute Gasteiger partial charge is 0.325 e. The van der Waals surface area contributed by atoms with Crippen molar-refractivity contribution in [1.29, 1.82) is 0 Å². The standard InChI is InChI=1S/C23H17Cl2N3O2S/c1-14-5-4-6-16(11-14)28-22(30)17-7-2-3-8-20(17)27-23(28)31-13-21(29)26-15-9-10-18(24)19(25)12-15/h2-12H,13H2,1H3,(H,26,29). The van der Waals surface area contributed by atoms with Gasteiger partial charge in [0.25, 0.3) is 5.56 Å². The second-order valence-electron chi connectivity index (χ2n) is 6.86. The quantitative estimate of drug-likeness (QED) is 0.299. The van der Waals surface area contributed by atoms with Crippen molar-refractivity contribution in [3.63, 3.8) is 0 Å². The number of halogens is 2. The maximum absolute atomic E-state index is 13.2. The van der Waals surface area contributed by atoms with Crippen LogP contribution in [-0.2, 0) is 4.79 Å². The Hall–Kier alpha value is -2.80. The van der Waals surface area contributed by atoms with Crippen LogP contribution >= 0.6 is 35.0 Å². The van der Waals surface area contributed by atoms with Gasteiger partial charge in [-0.15, -0.1) is 0 Å². The van der Waals surface area contributed by atoms with Crippen LogP contribution in [-0.4, -0.2) is 21.2 Å². The Morgan fingerprint density at radius 2 is 1.84 bits per heavy atom. The second kappa shape index (κ2) is 9.14. The van der Waals surface area contributed by atoms with Crippen LogP contribution in [0.15, 0.2) is 76.7 Å². The predicted molar refractivity (Wildman–Crippen MR) is 128 cm³/mol. The third-order valence-corrected chi connectivity index (χ3v) is 6.22. The summed E-state index contributed by atoms with van der Waals surface area (Å²) in [4.78, 5) is 30.4. The van der Waals surface area contributed by atoms with Crippen LogP contribution in [0.2, 0.25) is 10.0 Å². The van der Waals surface area contributed by atoms with Crippen LogP contribution in [0.5, 0.6) is 0 Å². The first-order valence-corrected chi connectivity index (χ1v) is 11.1. The number of rotatable bonds is 5. The minimum atomic E-state index is -0.249. The van der Waals surface area contributed by atoms with Gasteiger partial charge in [0, 0.05) is 5.69 Å². The lowest BCUT2D eigenvalue weighted by Crippen LogP contribution is -2.23. The summed E-state index contributed by atoms with van der Waals surface area (Å²) in [5.74, 6) is -0.182. The molecule has 31 heavy (non-hydrogen) atoms. The number of nitrogens with zero attached hydrogens (tertiary/aromatic N) is 2. The number of aryl methyl sites for hydroxylation is 1. The van der Waals surface area contributed by atoms with Gasteiger partial charge in [0.05, 0.1) is 32.4 Å². The zero-order valence-electron chi connectivity index (χ0n) is 16.4. The highest BCUT2D eigenvalue weighted by Gasteiger charge is 2.15. The molecule has 1 amide bonds. The molecule has 0 aliphatic rings. The van der Waals surface area contributed by atoms with Crippen LogP contribution < -0.4 is 10.9 Å². The first-order valence-electron chi connectivity index (χ1n) is 9.39. The lowest BCUT2D eigenvalue weighted by molar-refractivity contribution is -0.113. The summed E-state index contributed by atoms with van der Waals surface area (Å²) in [6.07, 6.45) is 0. The Labute approximate surface area is 193 Å². The maximum atomic E-state index is 13.2. The zero-order chi connectivity index (χ0) is 22.0. The molecule has 1 aromatic heterocycles. The van der Waals surface area contributed by atoms with Crippen LogP contribution in [0.1, 0.15) is 5.56 Å². The van der Waals surface area contributed by atoms with E-state index in [1.165, 1.54) is 11.8 Å². The Kier molecular flexibility index (Phi) is 6.32. The molecule has 0 atom stereocenters. The van der Waals surface area contributed by atoms with E-state index < -0.39 is 0 Å². The molecule has 0 unspecified atom stereocenters. The van der Waals surface area contributed by atoms with Crippen molar-refractivity contribution < 1.29 is 4.79 Å². The van der Waals surface area contributed by atoms with E-state index in [4.69, 9.17) is 23.2 Å². The summed E-state index contributed by atoms with van der Waals surface area (Å²) in [5.41, 5.74) is 2.68. The molecule has 0 aliphatic heterocycles. The molecule has 0 bridgehead atoms. The number of carbonyl (C=O) groups excluding carboxylic acids is 1. The van der Waals surface area contributed by atoms with Crippen molar-refractivity contribution >= 4 is 57.5 Å². The third-order valence-electron chi connectivity index (χ3n) is 4.54. The van der Waals surface area contributed by atoms with Gasteiger partial charge in [-0.05, 0) is 55.0 Å². The molecule has 0 saturated heterocycles.